The summed E-state index contributed by atoms with van der Waals surface area (Å²) >= 11 is 0. The number of ether oxygens (including phenoxy) is 2. The smallest absolute Gasteiger partial charge is 0.458 e. The van der Waals surface area contributed by atoms with Crippen LogP contribution in [-0.4, -0.2) is 60.5 Å². The van der Waals surface area contributed by atoms with Crippen molar-refractivity contribution in [3.63, 3.8) is 0 Å². The van der Waals surface area contributed by atoms with Crippen molar-refractivity contribution in [2.45, 2.75) is 52.4 Å². The van der Waals surface area contributed by atoms with Crippen LogP contribution in [0.15, 0.2) is 24.3 Å². The maximum Gasteiger partial charge on any atom is 1.00 e. The Labute approximate surface area is 226 Å². The first-order valence-electron chi connectivity index (χ1n) is 12.9. The van der Waals surface area contributed by atoms with E-state index in [2.05, 4.69) is 42.2 Å². The Balaban J connectivity index is 0.00000267. The van der Waals surface area contributed by atoms with E-state index in [-0.39, 0.29) is 31.7 Å². The van der Waals surface area contributed by atoms with Crippen LogP contribution in [0.4, 0.5) is 0 Å². The van der Waals surface area contributed by atoms with Crippen molar-refractivity contribution in [2.75, 3.05) is 32.7 Å². The maximum atomic E-state index is 11.8. The fourth-order valence-corrected chi connectivity index (χ4v) is 6.51. The number of aryl methyl sites for hydroxylation is 1. The van der Waals surface area contributed by atoms with Gasteiger partial charge < -0.3 is 19.3 Å². The van der Waals surface area contributed by atoms with Gasteiger partial charge in [-0.25, -0.2) is 9.59 Å². The summed E-state index contributed by atoms with van der Waals surface area (Å²) in [5.41, 5.74) is 8.56. The molecule has 0 aliphatic carbocycles. The molecule has 2 saturated heterocycles. The zero-order valence-corrected chi connectivity index (χ0v) is 23.5. The van der Waals surface area contributed by atoms with Crippen molar-refractivity contribution in [1.82, 2.24) is 9.80 Å². The monoisotopic (exact) mass is 665 g/mol. The zero-order valence-electron chi connectivity index (χ0n) is 21.0. The number of esters is 2. The van der Waals surface area contributed by atoms with Gasteiger partial charge in [-0.3, -0.25) is 0 Å². The molecule has 0 amide bonds. The third kappa shape index (κ3) is 4.51. The van der Waals surface area contributed by atoms with Crippen molar-refractivity contribution < 1.29 is 38.9 Å². The molecule has 4 heterocycles. The number of hydrogen-bond donors (Lipinski definition) is 0. The third-order valence-electron chi connectivity index (χ3n) is 8.69. The van der Waals surface area contributed by atoms with Gasteiger partial charge in [-0.2, -0.15) is 18.1 Å². The van der Waals surface area contributed by atoms with Gasteiger partial charge in [-0.05, 0) is 74.5 Å². The Morgan fingerprint density at radius 2 is 1.64 bits per heavy atom. The summed E-state index contributed by atoms with van der Waals surface area (Å²) in [5, 5.41) is 0. The Morgan fingerprint density at radius 3 is 2.39 bits per heavy atom. The molecule has 7 heteroatoms. The summed E-state index contributed by atoms with van der Waals surface area (Å²) in [4.78, 5) is 28.9. The molecule has 0 saturated carbocycles. The fraction of sp³-hybridized carbons (Fsp3) is 0.483. The topological polar surface area (TPSA) is 59.1 Å². The van der Waals surface area contributed by atoms with Gasteiger partial charge in [0.2, 0.25) is 0 Å². The molecule has 4 aliphatic rings. The number of cyclic esters (lactones) is 2. The molecule has 0 aromatic heterocycles. The average molecular weight is 664 g/mol. The molecule has 0 N–H and O–H groups in total. The van der Waals surface area contributed by atoms with Gasteiger partial charge in [0.05, 0.1) is 5.56 Å². The molecule has 0 bridgehead atoms. The molecule has 0 spiro atoms. The van der Waals surface area contributed by atoms with Crippen LogP contribution in [-0.2, 0) is 48.9 Å². The number of carbonyl (C=O) groups is 2. The minimum Gasteiger partial charge on any atom is -0.458 e. The number of benzene rings is 2. The van der Waals surface area contributed by atoms with Crippen molar-refractivity contribution in [3.8, 4) is 0 Å². The number of carbonyl (C=O) groups excluding carboxylic acids is 2. The first-order chi connectivity index (χ1) is 17.0. The van der Waals surface area contributed by atoms with Gasteiger partial charge >= 0.3 is 31.7 Å². The first kappa shape index (κ1) is 25.5. The average Bonchev–Trinajstić information content (AvgIpc) is 3.60. The molecule has 1 radical (unpaired) electrons. The van der Waals surface area contributed by atoms with E-state index >= 15 is 0 Å². The largest absolute Gasteiger partial charge is 1.00 e. The molecule has 2 fully saturated rings. The van der Waals surface area contributed by atoms with Crippen LogP contribution in [0.1, 0.15) is 66.9 Å². The van der Waals surface area contributed by atoms with Crippen LogP contribution in [0.25, 0.3) is 0 Å². The van der Waals surface area contributed by atoms with E-state index in [0.717, 1.165) is 60.6 Å². The zero-order chi connectivity index (χ0) is 24.1. The number of nitrogens with zero attached hydrogens (tertiary/aromatic N) is 2. The molecule has 36 heavy (non-hydrogen) atoms. The van der Waals surface area contributed by atoms with Crippen LogP contribution in [0.3, 0.4) is 0 Å². The van der Waals surface area contributed by atoms with E-state index in [9.17, 15) is 9.59 Å². The van der Waals surface area contributed by atoms with Gasteiger partial charge in [0.15, 0.2) is 0 Å². The minimum absolute atomic E-state index is 0. The van der Waals surface area contributed by atoms with E-state index in [1.807, 2.05) is 12.1 Å². The third-order valence-corrected chi connectivity index (χ3v) is 8.69. The fourth-order valence-electron chi connectivity index (χ4n) is 6.51. The van der Waals surface area contributed by atoms with Crippen molar-refractivity contribution >= 4 is 11.9 Å². The second-order valence-electron chi connectivity index (χ2n) is 10.5. The summed E-state index contributed by atoms with van der Waals surface area (Å²) in [6, 6.07) is 8.67. The summed E-state index contributed by atoms with van der Waals surface area (Å²) in [6.07, 6.45) is 5.78. The molecule has 2 atom stereocenters. The molecule has 2 aromatic carbocycles. The summed E-state index contributed by atoms with van der Waals surface area (Å²) in [6.45, 7) is 10.6. The molecule has 4 aliphatic heterocycles. The number of fused-ring (bicyclic) bond motifs is 3. The number of likely N-dealkylation sites (tertiary alicyclic amines) is 2. The van der Waals surface area contributed by atoms with Crippen molar-refractivity contribution in [2.24, 2.45) is 5.92 Å². The molecule has 6 rings (SSSR count). The molecule has 191 valence electrons. The molecule has 2 aromatic rings. The Morgan fingerprint density at radius 1 is 0.944 bits per heavy atom. The SMILES string of the molecule is Cc1c([CH-]CN2CCC3CN(CCCc4ccc5c(c4C)COC5=O)CC32)ccc2c1COC2=O.[Os+]. The van der Waals surface area contributed by atoms with Crippen LogP contribution < -0.4 is 0 Å². The summed E-state index contributed by atoms with van der Waals surface area (Å²) in [7, 11) is 0. The van der Waals surface area contributed by atoms with Gasteiger partial charge in [-0.1, -0.05) is 13.0 Å². The van der Waals surface area contributed by atoms with E-state index in [4.69, 9.17) is 9.47 Å². The quantitative estimate of drug-likeness (QED) is 0.332. The normalized spacial score (nSPS) is 22.6. The Hall–Kier alpha value is -2.19. The first-order valence-corrected chi connectivity index (χ1v) is 12.9. The molecular weight excluding hydrogens is 631 g/mol. The molecule has 6 nitrogen and oxygen atoms in total. The number of hydrogen-bond acceptors (Lipinski definition) is 6. The minimum atomic E-state index is -0.196. The van der Waals surface area contributed by atoms with Crippen LogP contribution in [0.5, 0.6) is 0 Å². The van der Waals surface area contributed by atoms with Gasteiger partial charge in [0, 0.05) is 30.3 Å². The predicted octanol–water partition coefficient (Wildman–Crippen LogP) is 3.83. The van der Waals surface area contributed by atoms with Gasteiger partial charge in [0.1, 0.15) is 13.2 Å². The van der Waals surface area contributed by atoms with E-state index in [0.29, 0.717) is 19.3 Å². The number of rotatable bonds is 7. The van der Waals surface area contributed by atoms with Crippen LogP contribution >= 0.6 is 0 Å². The maximum absolute atomic E-state index is 11.8. The van der Waals surface area contributed by atoms with Crippen molar-refractivity contribution in [3.05, 3.63) is 75.2 Å². The second-order valence-corrected chi connectivity index (χ2v) is 10.5. The summed E-state index contributed by atoms with van der Waals surface area (Å²) in [5.74, 6) is 0.384. The standard InChI is InChI=1S/C29H33N2O4.Os/c1-18-20(5-7-23-25(18)16-34-28(23)32)4-3-11-30-14-22-10-13-31(27(22)15-30)12-9-21-6-8-24-26(19(21)2)17-35-29(24)33;/h5-9,22,27H,3-4,10-17H2,1-2H3;/q-1;+1. The molecular formula is C29H33N2O4Os. The second kappa shape index (κ2) is 10.3. The summed E-state index contributed by atoms with van der Waals surface area (Å²) < 4.78 is 10.4. The van der Waals surface area contributed by atoms with Gasteiger partial charge in [0.25, 0.3) is 0 Å². The van der Waals surface area contributed by atoms with E-state index in [1.165, 1.54) is 41.8 Å². The molecule has 2 unspecified atom stereocenters. The van der Waals surface area contributed by atoms with Gasteiger partial charge in [-0.15, -0.1) is 11.6 Å². The predicted molar refractivity (Wildman–Crippen MR) is 132 cm³/mol. The van der Waals surface area contributed by atoms with Crippen LogP contribution in [0, 0.1) is 26.2 Å². The van der Waals surface area contributed by atoms with Crippen LogP contribution in [0.2, 0.25) is 0 Å². The van der Waals surface area contributed by atoms with E-state index in [1.54, 1.807) is 0 Å². The Bertz CT molecular complexity index is 1200. The Kier molecular flexibility index (Phi) is 7.27. The van der Waals surface area contributed by atoms with E-state index < -0.39 is 0 Å². The van der Waals surface area contributed by atoms with Crippen molar-refractivity contribution in [1.29, 1.82) is 0 Å².